The zero-order chi connectivity index (χ0) is 19.8. The third kappa shape index (κ3) is 25.2. The van der Waals surface area contributed by atoms with Crippen molar-refractivity contribution in [2.75, 3.05) is 99.0 Å². The van der Waals surface area contributed by atoms with E-state index in [0.717, 1.165) is 0 Å². The van der Waals surface area contributed by atoms with E-state index in [2.05, 4.69) is 0 Å². The van der Waals surface area contributed by atoms with E-state index >= 15 is 0 Å². The first kappa shape index (κ1) is 26.1. The first-order valence-electron chi connectivity index (χ1n) is 9.23. The van der Waals surface area contributed by atoms with Gasteiger partial charge in [0.2, 0.25) is 0 Å². The molecular formula is C17H35NO9. The van der Waals surface area contributed by atoms with E-state index in [-0.39, 0.29) is 13.0 Å². The van der Waals surface area contributed by atoms with Crippen LogP contribution in [0.1, 0.15) is 6.42 Å². The molecule has 0 radical (unpaired) electrons. The Morgan fingerprint density at radius 3 is 1.04 bits per heavy atom. The molecule has 0 aliphatic carbocycles. The highest BCUT2D eigenvalue weighted by Gasteiger charge is 1.96. The molecule has 162 valence electrons. The molecule has 0 saturated heterocycles. The van der Waals surface area contributed by atoms with Gasteiger partial charge >= 0.3 is 5.97 Å². The van der Waals surface area contributed by atoms with E-state index in [4.69, 9.17) is 44.0 Å². The van der Waals surface area contributed by atoms with Gasteiger partial charge in [-0.3, -0.25) is 4.79 Å². The van der Waals surface area contributed by atoms with Gasteiger partial charge in [-0.25, -0.2) is 0 Å². The number of nitrogens with two attached hydrogens (primary N) is 1. The van der Waals surface area contributed by atoms with Crippen molar-refractivity contribution in [3.05, 3.63) is 0 Å². The molecule has 0 saturated carbocycles. The van der Waals surface area contributed by atoms with Crippen LogP contribution in [0.2, 0.25) is 0 Å². The van der Waals surface area contributed by atoms with Crippen molar-refractivity contribution in [3.8, 4) is 0 Å². The third-order valence-electron chi connectivity index (χ3n) is 2.95. The zero-order valence-corrected chi connectivity index (χ0v) is 16.1. The molecule has 0 unspecified atom stereocenters. The van der Waals surface area contributed by atoms with Crippen LogP contribution >= 0.6 is 0 Å². The van der Waals surface area contributed by atoms with Gasteiger partial charge < -0.3 is 44.0 Å². The highest BCUT2D eigenvalue weighted by molar-refractivity contribution is 5.66. The Balaban J connectivity index is 2.98. The molecule has 0 aromatic rings. The van der Waals surface area contributed by atoms with Crippen LogP contribution in [0.25, 0.3) is 0 Å². The molecule has 10 heteroatoms. The summed E-state index contributed by atoms with van der Waals surface area (Å²) in [5, 5.41) is 8.42. The number of rotatable bonds is 23. The smallest absolute Gasteiger partial charge is 0.305 e. The SMILES string of the molecule is NCCOCCOCCOCCOCCOCCOCCOCCC(=O)O. The molecule has 0 fully saturated rings. The lowest BCUT2D eigenvalue weighted by atomic mass is 10.5. The normalized spacial score (nSPS) is 11.1. The minimum atomic E-state index is -0.868. The fraction of sp³-hybridized carbons (Fsp3) is 0.941. The molecule has 27 heavy (non-hydrogen) atoms. The predicted octanol–water partition coefficient (Wildman–Crippen LogP) is -0.464. The first-order valence-corrected chi connectivity index (χ1v) is 9.23. The molecule has 0 heterocycles. The van der Waals surface area contributed by atoms with Crippen molar-refractivity contribution in [2.24, 2.45) is 5.73 Å². The molecule has 10 nitrogen and oxygen atoms in total. The minimum Gasteiger partial charge on any atom is -0.481 e. The van der Waals surface area contributed by atoms with Crippen molar-refractivity contribution in [3.63, 3.8) is 0 Å². The summed E-state index contributed by atoms with van der Waals surface area (Å²) in [5.74, 6) is -0.868. The van der Waals surface area contributed by atoms with E-state index in [9.17, 15) is 4.79 Å². The van der Waals surface area contributed by atoms with Crippen LogP contribution in [0.3, 0.4) is 0 Å². The predicted molar refractivity (Wildman–Crippen MR) is 97.0 cm³/mol. The summed E-state index contributed by atoms with van der Waals surface area (Å²) in [6.07, 6.45) is 0.00693. The number of carboxylic acids is 1. The maximum atomic E-state index is 10.3. The van der Waals surface area contributed by atoms with E-state index in [1.165, 1.54) is 0 Å². The number of carbonyl (C=O) groups is 1. The Bertz CT molecular complexity index is 308. The van der Waals surface area contributed by atoms with Crippen LogP contribution in [0.15, 0.2) is 0 Å². The van der Waals surface area contributed by atoms with Crippen molar-refractivity contribution >= 4 is 5.97 Å². The van der Waals surface area contributed by atoms with Crippen LogP contribution < -0.4 is 5.73 Å². The largest absolute Gasteiger partial charge is 0.481 e. The van der Waals surface area contributed by atoms with Crippen LogP contribution in [0.4, 0.5) is 0 Å². The Morgan fingerprint density at radius 1 is 0.519 bits per heavy atom. The molecule has 0 aliphatic rings. The summed E-state index contributed by atoms with van der Waals surface area (Å²) < 4.78 is 36.9. The average molecular weight is 397 g/mol. The molecule has 0 bridgehead atoms. The van der Waals surface area contributed by atoms with Gasteiger partial charge in [0.05, 0.1) is 98.9 Å². The highest BCUT2D eigenvalue weighted by atomic mass is 16.6. The maximum Gasteiger partial charge on any atom is 0.305 e. The number of hydrogen-bond acceptors (Lipinski definition) is 9. The van der Waals surface area contributed by atoms with Crippen molar-refractivity contribution in [1.29, 1.82) is 0 Å². The van der Waals surface area contributed by atoms with E-state index < -0.39 is 5.97 Å². The summed E-state index contributed by atoms with van der Waals surface area (Å²) in [6.45, 7) is 7.15. The molecule has 0 aliphatic heterocycles. The van der Waals surface area contributed by atoms with Crippen LogP contribution in [-0.2, 0) is 38.0 Å². The van der Waals surface area contributed by atoms with E-state index in [1.807, 2.05) is 0 Å². The van der Waals surface area contributed by atoms with Crippen LogP contribution in [-0.4, -0.2) is 110 Å². The van der Waals surface area contributed by atoms with Gasteiger partial charge in [0, 0.05) is 6.54 Å². The van der Waals surface area contributed by atoms with Crippen molar-refractivity contribution < 1.29 is 43.1 Å². The number of hydrogen-bond donors (Lipinski definition) is 2. The Morgan fingerprint density at radius 2 is 0.778 bits per heavy atom. The highest BCUT2D eigenvalue weighted by Crippen LogP contribution is 1.86. The second-order valence-electron chi connectivity index (χ2n) is 5.22. The summed E-state index contributed by atoms with van der Waals surface area (Å²) in [6, 6.07) is 0. The van der Waals surface area contributed by atoms with Gasteiger partial charge in [-0.2, -0.15) is 0 Å². The standard InChI is InChI=1S/C17H35NO9/c18-2-4-22-6-8-24-10-12-26-14-16-27-15-13-25-11-9-23-7-5-21-3-1-17(19)20/h1-16,18H2,(H,19,20). The zero-order valence-electron chi connectivity index (χ0n) is 16.1. The van der Waals surface area contributed by atoms with E-state index in [0.29, 0.717) is 92.4 Å². The van der Waals surface area contributed by atoms with Crippen LogP contribution in [0, 0.1) is 0 Å². The summed E-state index contributed by atoms with van der Waals surface area (Å²) >= 11 is 0. The summed E-state index contributed by atoms with van der Waals surface area (Å²) in [5.41, 5.74) is 5.29. The van der Waals surface area contributed by atoms with Crippen molar-refractivity contribution in [1.82, 2.24) is 0 Å². The quantitative estimate of drug-likeness (QED) is 0.218. The second-order valence-corrected chi connectivity index (χ2v) is 5.22. The third-order valence-corrected chi connectivity index (χ3v) is 2.95. The minimum absolute atomic E-state index is 0.00693. The average Bonchev–Trinajstić information content (AvgIpc) is 2.65. The molecule has 3 N–H and O–H groups in total. The fourth-order valence-corrected chi connectivity index (χ4v) is 1.66. The maximum absolute atomic E-state index is 10.3. The second kappa shape index (κ2) is 23.2. The van der Waals surface area contributed by atoms with E-state index in [1.54, 1.807) is 0 Å². The summed E-state index contributed by atoms with van der Waals surface area (Å²) in [7, 11) is 0. The molecule has 0 atom stereocenters. The first-order chi connectivity index (χ1) is 13.3. The van der Waals surface area contributed by atoms with Gasteiger partial charge in [-0.1, -0.05) is 0 Å². The lowest BCUT2D eigenvalue weighted by Gasteiger charge is -2.08. The lowest BCUT2D eigenvalue weighted by molar-refractivity contribution is -0.138. The number of carboxylic acid groups (broad SMARTS) is 1. The summed E-state index contributed by atoms with van der Waals surface area (Å²) in [4.78, 5) is 10.3. The molecule has 0 rings (SSSR count). The molecule has 0 amide bonds. The van der Waals surface area contributed by atoms with Gasteiger partial charge in [-0.05, 0) is 0 Å². The number of ether oxygens (including phenoxy) is 7. The van der Waals surface area contributed by atoms with Gasteiger partial charge in [0.1, 0.15) is 0 Å². The molecule has 0 spiro atoms. The fourth-order valence-electron chi connectivity index (χ4n) is 1.66. The Labute approximate surface area is 161 Å². The molecule has 0 aromatic carbocycles. The van der Waals surface area contributed by atoms with Crippen LogP contribution in [0.5, 0.6) is 0 Å². The molecule has 0 aromatic heterocycles. The molecular weight excluding hydrogens is 362 g/mol. The van der Waals surface area contributed by atoms with Crippen molar-refractivity contribution in [2.45, 2.75) is 6.42 Å². The Kier molecular flexibility index (Phi) is 22.5. The van der Waals surface area contributed by atoms with Gasteiger partial charge in [0.15, 0.2) is 0 Å². The lowest BCUT2D eigenvalue weighted by Crippen LogP contribution is -2.15. The number of aliphatic carboxylic acids is 1. The monoisotopic (exact) mass is 397 g/mol. The van der Waals surface area contributed by atoms with Gasteiger partial charge in [0.25, 0.3) is 0 Å². The van der Waals surface area contributed by atoms with Gasteiger partial charge in [-0.15, -0.1) is 0 Å². The topological polar surface area (TPSA) is 128 Å². The Hall–Kier alpha value is -0.850.